The molecule has 1 unspecified atom stereocenters. The van der Waals surface area contributed by atoms with Crippen LogP contribution < -0.4 is 0 Å². The van der Waals surface area contributed by atoms with Gasteiger partial charge in [0.15, 0.2) is 0 Å². The van der Waals surface area contributed by atoms with Crippen LogP contribution in [0.3, 0.4) is 0 Å². The normalized spacial score (nSPS) is 28.6. The van der Waals surface area contributed by atoms with Crippen LogP contribution >= 0.6 is 21.6 Å². The molecule has 0 aromatic carbocycles. The van der Waals surface area contributed by atoms with Crippen molar-refractivity contribution in [2.75, 3.05) is 5.75 Å². The monoisotopic (exact) mass is 175 g/mol. The molecule has 1 rings (SSSR count). The van der Waals surface area contributed by atoms with Crippen molar-refractivity contribution in [3.05, 3.63) is 0 Å². The Morgan fingerprint density at radius 2 is 2.20 bits per heavy atom. The van der Waals surface area contributed by atoms with Gasteiger partial charge in [-0.3, -0.25) is 4.79 Å². The van der Waals surface area contributed by atoms with Gasteiger partial charge in [0, 0.05) is 5.75 Å². The predicted molar refractivity (Wildman–Crippen MR) is 48.0 cm³/mol. The molecule has 3 heteroatoms. The lowest BCUT2D eigenvalue weighted by Gasteiger charge is -2.11. The lowest BCUT2D eigenvalue weighted by molar-refractivity contribution is 0.547. The first-order valence-electron chi connectivity index (χ1n) is 3.59. The molecule has 0 N–H and O–H groups in total. The fourth-order valence-corrected chi connectivity index (χ4v) is 3.35. The highest BCUT2D eigenvalue weighted by Gasteiger charge is 2.11. The first-order valence-corrected chi connectivity index (χ1v) is 5.97. The standard InChI is InChI=1S/C7H11OS2/c8-6-7-4-2-1-3-5-9-10-7/h7H,1-5H2. The molecule has 57 valence electrons. The van der Waals surface area contributed by atoms with Crippen molar-refractivity contribution in [1.29, 1.82) is 0 Å². The highest BCUT2D eigenvalue weighted by molar-refractivity contribution is 8.77. The van der Waals surface area contributed by atoms with Crippen LogP contribution in [-0.4, -0.2) is 17.3 Å². The second-order valence-corrected chi connectivity index (χ2v) is 5.06. The van der Waals surface area contributed by atoms with Crippen molar-refractivity contribution < 1.29 is 4.79 Å². The molecule has 1 nitrogen and oxygen atoms in total. The number of rotatable bonds is 1. The molecule has 0 aliphatic carbocycles. The van der Waals surface area contributed by atoms with Crippen LogP contribution in [0.4, 0.5) is 0 Å². The second kappa shape index (κ2) is 5.08. The summed E-state index contributed by atoms with van der Waals surface area (Å²) in [6.45, 7) is 0. The molecule has 10 heavy (non-hydrogen) atoms. The summed E-state index contributed by atoms with van der Waals surface area (Å²) in [5.41, 5.74) is 0. The third-order valence-corrected chi connectivity index (χ3v) is 4.27. The molecule has 1 heterocycles. The number of hydrogen-bond donors (Lipinski definition) is 0. The number of hydrogen-bond acceptors (Lipinski definition) is 3. The lowest BCUT2D eigenvalue weighted by atomic mass is 10.2. The first-order chi connectivity index (χ1) is 4.93. The van der Waals surface area contributed by atoms with Gasteiger partial charge < -0.3 is 0 Å². The molecule has 1 fully saturated rings. The first kappa shape index (κ1) is 8.47. The summed E-state index contributed by atoms with van der Waals surface area (Å²) in [5, 5.41) is 0.144. The van der Waals surface area contributed by atoms with Crippen LogP contribution in [0.25, 0.3) is 0 Å². The Bertz CT molecular complexity index is 97.8. The Kier molecular flexibility index (Phi) is 4.30. The van der Waals surface area contributed by atoms with E-state index < -0.39 is 0 Å². The Labute approximate surface area is 69.7 Å². The molecule has 0 saturated carbocycles. The highest BCUT2D eigenvalue weighted by atomic mass is 33.1. The van der Waals surface area contributed by atoms with E-state index in [-0.39, 0.29) is 5.25 Å². The van der Waals surface area contributed by atoms with Crippen LogP contribution in [0.2, 0.25) is 0 Å². The van der Waals surface area contributed by atoms with E-state index in [1.165, 1.54) is 25.0 Å². The molecule has 0 aromatic heterocycles. The van der Waals surface area contributed by atoms with E-state index in [0.29, 0.717) is 0 Å². The van der Waals surface area contributed by atoms with Gasteiger partial charge in [-0.2, -0.15) is 0 Å². The van der Waals surface area contributed by atoms with Gasteiger partial charge in [-0.15, -0.1) is 0 Å². The smallest absolute Gasteiger partial charge is 0.213 e. The van der Waals surface area contributed by atoms with Crippen LogP contribution in [0.5, 0.6) is 0 Å². The maximum absolute atomic E-state index is 10.3. The van der Waals surface area contributed by atoms with Gasteiger partial charge in [-0.05, 0) is 12.8 Å². The molecule has 1 radical (unpaired) electrons. The van der Waals surface area contributed by atoms with Crippen LogP contribution in [0.1, 0.15) is 25.7 Å². The average molecular weight is 175 g/mol. The minimum atomic E-state index is 0.144. The van der Waals surface area contributed by atoms with Crippen LogP contribution in [0.15, 0.2) is 0 Å². The molecule has 1 saturated heterocycles. The quantitative estimate of drug-likeness (QED) is 0.570. The Balaban J connectivity index is 2.22. The van der Waals surface area contributed by atoms with Crippen molar-refractivity contribution >= 4 is 27.9 Å². The van der Waals surface area contributed by atoms with E-state index in [0.717, 1.165) is 6.42 Å². The zero-order valence-electron chi connectivity index (χ0n) is 5.84. The van der Waals surface area contributed by atoms with E-state index in [1.54, 1.807) is 10.8 Å². The SMILES string of the molecule is O=[C]C1CCCCCSS1. The number of carbonyl (C=O) groups excluding carboxylic acids is 1. The van der Waals surface area contributed by atoms with E-state index in [2.05, 4.69) is 6.29 Å². The summed E-state index contributed by atoms with van der Waals surface area (Å²) in [4.78, 5) is 10.3. The second-order valence-electron chi connectivity index (χ2n) is 2.37. The van der Waals surface area contributed by atoms with E-state index in [4.69, 9.17) is 0 Å². The molecule has 0 spiro atoms. The van der Waals surface area contributed by atoms with E-state index in [1.807, 2.05) is 10.8 Å². The Morgan fingerprint density at radius 3 is 3.00 bits per heavy atom. The highest BCUT2D eigenvalue weighted by Crippen LogP contribution is 2.32. The zero-order valence-corrected chi connectivity index (χ0v) is 7.47. The Hall–Kier alpha value is 0.370. The molecule has 1 aliphatic heterocycles. The summed E-state index contributed by atoms with van der Waals surface area (Å²) in [6.07, 6.45) is 6.89. The van der Waals surface area contributed by atoms with Gasteiger partial charge >= 0.3 is 0 Å². The molecular formula is C7H11OS2. The van der Waals surface area contributed by atoms with Crippen molar-refractivity contribution in [1.82, 2.24) is 0 Å². The fraction of sp³-hybridized carbons (Fsp3) is 0.857. The zero-order chi connectivity index (χ0) is 7.23. The van der Waals surface area contributed by atoms with E-state index in [9.17, 15) is 4.79 Å². The minimum absolute atomic E-state index is 0.144. The third-order valence-electron chi connectivity index (χ3n) is 1.51. The average Bonchev–Trinajstić information content (AvgIpc) is 1.87. The minimum Gasteiger partial charge on any atom is -0.290 e. The summed E-state index contributed by atoms with van der Waals surface area (Å²) in [6, 6.07) is 0. The van der Waals surface area contributed by atoms with Gasteiger partial charge in [-0.1, -0.05) is 34.4 Å². The van der Waals surface area contributed by atoms with Crippen molar-refractivity contribution in [2.24, 2.45) is 0 Å². The predicted octanol–water partition coefficient (Wildman–Crippen LogP) is 2.42. The third kappa shape index (κ3) is 2.97. The molecule has 1 aliphatic rings. The van der Waals surface area contributed by atoms with Gasteiger partial charge in [0.2, 0.25) is 6.29 Å². The summed E-state index contributed by atoms with van der Waals surface area (Å²) in [7, 11) is 3.51. The van der Waals surface area contributed by atoms with Crippen LogP contribution in [-0.2, 0) is 4.79 Å². The molecule has 1 atom stereocenters. The molecule has 0 aromatic rings. The van der Waals surface area contributed by atoms with Gasteiger partial charge in [-0.25, -0.2) is 0 Å². The fourth-order valence-electron chi connectivity index (χ4n) is 0.924. The largest absolute Gasteiger partial charge is 0.290 e. The van der Waals surface area contributed by atoms with Gasteiger partial charge in [0.25, 0.3) is 0 Å². The Morgan fingerprint density at radius 1 is 1.30 bits per heavy atom. The maximum Gasteiger partial charge on any atom is 0.213 e. The van der Waals surface area contributed by atoms with Gasteiger partial charge in [0.1, 0.15) is 0 Å². The van der Waals surface area contributed by atoms with Gasteiger partial charge in [0.05, 0.1) is 5.25 Å². The topological polar surface area (TPSA) is 17.1 Å². The van der Waals surface area contributed by atoms with Crippen LogP contribution in [0, 0.1) is 0 Å². The molecule has 0 amide bonds. The van der Waals surface area contributed by atoms with E-state index >= 15 is 0 Å². The summed E-state index contributed by atoms with van der Waals surface area (Å²) in [5.74, 6) is 1.20. The summed E-state index contributed by atoms with van der Waals surface area (Å²) < 4.78 is 0. The maximum atomic E-state index is 10.3. The van der Waals surface area contributed by atoms with Crippen molar-refractivity contribution in [2.45, 2.75) is 30.9 Å². The molecular weight excluding hydrogens is 164 g/mol. The summed E-state index contributed by atoms with van der Waals surface area (Å²) >= 11 is 0. The van der Waals surface area contributed by atoms with Crippen molar-refractivity contribution in [3.63, 3.8) is 0 Å². The van der Waals surface area contributed by atoms with Crippen molar-refractivity contribution in [3.8, 4) is 0 Å². The molecule has 0 bridgehead atoms. The lowest BCUT2D eigenvalue weighted by Crippen LogP contribution is -2.04.